The molecule has 1 amide bonds. The maximum Gasteiger partial charge on any atom is 0.236 e. The molecule has 0 radical (unpaired) electrons. The van der Waals surface area contributed by atoms with Gasteiger partial charge in [-0.2, -0.15) is 0 Å². The summed E-state index contributed by atoms with van der Waals surface area (Å²) in [6, 6.07) is 7.40. The van der Waals surface area contributed by atoms with E-state index in [9.17, 15) is 4.79 Å². The lowest BCUT2D eigenvalue weighted by molar-refractivity contribution is -0.122. The van der Waals surface area contributed by atoms with Gasteiger partial charge in [-0.3, -0.25) is 4.79 Å². The van der Waals surface area contributed by atoms with E-state index in [1.54, 1.807) is 6.92 Å². The Balaban J connectivity index is 2.03. The monoisotopic (exact) mass is 252 g/mol. The molecule has 0 spiro atoms. The minimum absolute atomic E-state index is 0.0788. The van der Waals surface area contributed by atoms with Crippen molar-refractivity contribution < 1.29 is 4.79 Å². The maximum atomic E-state index is 11.5. The van der Waals surface area contributed by atoms with Gasteiger partial charge in [0.1, 0.15) is 0 Å². The molecule has 1 atom stereocenters. The van der Waals surface area contributed by atoms with Crippen molar-refractivity contribution in [2.24, 2.45) is 5.73 Å². The smallest absolute Gasteiger partial charge is 0.236 e. The van der Waals surface area contributed by atoms with Crippen molar-refractivity contribution in [3.8, 4) is 0 Å². The molecule has 1 aliphatic rings. The second kappa shape index (κ2) is 4.67. The average molecular weight is 253 g/mol. The lowest BCUT2D eigenvalue weighted by Crippen LogP contribution is -2.41. The highest BCUT2D eigenvalue weighted by atomic mass is 35.5. The standard InChI is InChI=1S/C13H17ClN2O/c1-9(15)12(17)16-8-13(5-6-13)10-3-2-4-11(14)7-10/h2-4,7,9H,5-6,8,15H2,1H3,(H,16,17). The minimum Gasteiger partial charge on any atom is -0.354 e. The van der Waals surface area contributed by atoms with Gasteiger partial charge < -0.3 is 11.1 Å². The van der Waals surface area contributed by atoms with E-state index in [0.29, 0.717) is 6.54 Å². The average Bonchev–Trinajstić information content (AvgIpc) is 3.07. The molecule has 0 heterocycles. The Morgan fingerprint density at radius 2 is 2.29 bits per heavy atom. The van der Waals surface area contributed by atoms with Crippen LogP contribution in [0, 0.1) is 0 Å². The number of carbonyl (C=O) groups excluding carboxylic acids is 1. The van der Waals surface area contributed by atoms with Gasteiger partial charge in [0.05, 0.1) is 6.04 Å². The number of halogens is 1. The van der Waals surface area contributed by atoms with Crippen molar-refractivity contribution in [3.05, 3.63) is 34.9 Å². The highest BCUT2D eigenvalue weighted by Gasteiger charge is 2.44. The van der Waals surface area contributed by atoms with Crippen LogP contribution in [0.25, 0.3) is 0 Å². The van der Waals surface area contributed by atoms with Gasteiger partial charge in [-0.15, -0.1) is 0 Å². The summed E-state index contributed by atoms with van der Waals surface area (Å²) in [5.41, 5.74) is 6.80. The number of hydrogen-bond donors (Lipinski definition) is 2. The second-order valence-corrected chi connectivity index (χ2v) is 5.23. The molecule has 0 saturated heterocycles. The van der Waals surface area contributed by atoms with Crippen LogP contribution in [0.15, 0.2) is 24.3 Å². The van der Waals surface area contributed by atoms with Gasteiger partial charge in [0.2, 0.25) is 5.91 Å². The predicted molar refractivity (Wildman–Crippen MR) is 69.0 cm³/mol. The van der Waals surface area contributed by atoms with E-state index in [4.69, 9.17) is 17.3 Å². The summed E-state index contributed by atoms with van der Waals surface area (Å²) >= 11 is 5.98. The van der Waals surface area contributed by atoms with Crippen molar-refractivity contribution in [2.75, 3.05) is 6.54 Å². The quantitative estimate of drug-likeness (QED) is 0.859. The Morgan fingerprint density at radius 1 is 1.59 bits per heavy atom. The number of nitrogens with one attached hydrogen (secondary N) is 1. The van der Waals surface area contributed by atoms with Gasteiger partial charge in [0, 0.05) is 17.0 Å². The molecule has 0 aliphatic heterocycles. The number of benzene rings is 1. The summed E-state index contributed by atoms with van der Waals surface area (Å²) < 4.78 is 0. The molecule has 1 unspecified atom stereocenters. The molecule has 3 N–H and O–H groups in total. The summed E-state index contributed by atoms with van der Waals surface area (Å²) in [4.78, 5) is 11.5. The molecule has 4 heteroatoms. The van der Waals surface area contributed by atoms with Crippen LogP contribution >= 0.6 is 11.6 Å². The first-order chi connectivity index (χ1) is 8.03. The zero-order valence-electron chi connectivity index (χ0n) is 9.87. The van der Waals surface area contributed by atoms with Gasteiger partial charge in [-0.1, -0.05) is 23.7 Å². The Morgan fingerprint density at radius 3 is 2.82 bits per heavy atom. The summed E-state index contributed by atoms with van der Waals surface area (Å²) in [7, 11) is 0. The molecule has 1 aromatic carbocycles. The van der Waals surface area contributed by atoms with Crippen LogP contribution in [0.5, 0.6) is 0 Å². The first kappa shape index (κ1) is 12.4. The fourth-order valence-electron chi connectivity index (χ4n) is 1.95. The SMILES string of the molecule is CC(N)C(=O)NCC1(c2cccc(Cl)c2)CC1. The Labute approximate surface area is 106 Å². The Bertz CT molecular complexity index is 427. The molecule has 1 saturated carbocycles. The molecular formula is C13H17ClN2O. The molecule has 0 bridgehead atoms. The zero-order chi connectivity index (χ0) is 12.5. The molecule has 1 aliphatic carbocycles. The van der Waals surface area contributed by atoms with Gasteiger partial charge >= 0.3 is 0 Å². The molecule has 1 aromatic rings. The van der Waals surface area contributed by atoms with Crippen LogP contribution in [0.4, 0.5) is 0 Å². The van der Waals surface area contributed by atoms with Crippen LogP contribution in [0.2, 0.25) is 5.02 Å². The lowest BCUT2D eigenvalue weighted by atomic mass is 9.96. The summed E-state index contributed by atoms with van der Waals surface area (Å²) in [6.07, 6.45) is 2.18. The fourth-order valence-corrected chi connectivity index (χ4v) is 2.14. The van der Waals surface area contributed by atoms with E-state index in [1.165, 1.54) is 5.56 Å². The number of carbonyl (C=O) groups is 1. The van der Waals surface area contributed by atoms with Crippen LogP contribution < -0.4 is 11.1 Å². The maximum absolute atomic E-state index is 11.5. The van der Waals surface area contributed by atoms with Crippen LogP contribution in [0.1, 0.15) is 25.3 Å². The molecule has 92 valence electrons. The summed E-state index contributed by atoms with van der Waals surface area (Å²) in [5.74, 6) is -0.0988. The van der Waals surface area contributed by atoms with E-state index < -0.39 is 6.04 Å². The first-order valence-electron chi connectivity index (χ1n) is 5.83. The largest absolute Gasteiger partial charge is 0.354 e. The summed E-state index contributed by atoms with van der Waals surface area (Å²) in [6.45, 7) is 2.34. The van der Waals surface area contributed by atoms with Crippen molar-refractivity contribution >= 4 is 17.5 Å². The predicted octanol–water partition coefficient (Wildman–Crippen LogP) is 1.84. The molecular weight excluding hydrogens is 236 g/mol. The second-order valence-electron chi connectivity index (χ2n) is 4.80. The third-order valence-corrected chi connectivity index (χ3v) is 3.54. The third-order valence-electron chi connectivity index (χ3n) is 3.31. The van der Waals surface area contributed by atoms with Crippen LogP contribution in [-0.4, -0.2) is 18.5 Å². The van der Waals surface area contributed by atoms with Crippen molar-refractivity contribution in [2.45, 2.75) is 31.2 Å². The Kier molecular flexibility index (Phi) is 3.40. The molecule has 17 heavy (non-hydrogen) atoms. The van der Waals surface area contributed by atoms with Gasteiger partial charge in [-0.05, 0) is 37.5 Å². The topological polar surface area (TPSA) is 55.1 Å². The highest BCUT2D eigenvalue weighted by molar-refractivity contribution is 6.30. The minimum atomic E-state index is -0.454. The highest BCUT2D eigenvalue weighted by Crippen LogP contribution is 2.48. The number of hydrogen-bond acceptors (Lipinski definition) is 2. The number of rotatable bonds is 4. The third kappa shape index (κ3) is 2.79. The van der Waals surface area contributed by atoms with Crippen molar-refractivity contribution in [3.63, 3.8) is 0 Å². The van der Waals surface area contributed by atoms with Crippen LogP contribution in [-0.2, 0) is 10.2 Å². The van der Waals surface area contributed by atoms with E-state index in [2.05, 4.69) is 11.4 Å². The molecule has 3 nitrogen and oxygen atoms in total. The van der Waals surface area contributed by atoms with Crippen LogP contribution in [0.3, 0.4) is 0 Å². The Hall–Kier alpha value is -1.06. The summed E-state index contributed by atoms with van der Waals surface area (Å²) in [5, 5.41) is 3.64. The van der Waals surface area contributed by atoms with Gasteiger partial charge in [0.25, 0.3) is 0 Å². The fraction of sp³-hybridized carbons (Fsp3) is 0.462. The van der Waals surface area contributed by atoms with Crippen molar-refractivity contribution in [1.29, 1.82) is 0 Å². The zero-order valence-corrected chi connectivity index (χ0v) is 10.6. The van der Waals surface area contributed by atoms with Crippen molar-refractivity contribution in [1.82, 2.24) is 5.32 Å². The lowest BCUT2D eigenvalue weighted by Gasteiger charge is -2.17. The number of nitrogens with two attached hydrogens (primary N) is 1. The van der Waals surface area contributed by atoms with E-state index in [-0.39, 0.29) is 11.3 Å². The van der Waals surface area contributed by atoms with E-state index in [1.807, 2.05) is 18.2 Å². The molecule has 1 fully saturated rings. The van der Waals surface area contributed by atoms with Gasteiger partial charge in [-0.25, -0.2) is 0 Å². The van der Waals surface area contributed by atoms with E-state index >= 15 is 0 Å². The molecule has 0 aromatic heterocycles. The van der Waals surface area contributed by atoms with E-state index in [0.717, 1.165) is 17.9 Å². The van der Waals surface area contributed by atoms with Gasteiger partial charge in [0.15, 0.2) is 0 Å². The molecule has 2 rings (SSSR count). The normalized spacial score (nSPS) is 18.5. The first-order valence-corrected chi connectivity index (χ1v) is 6.21. The number of amides is 1.